The van der Waals surface area contributed by atoms with E-state index in [4.69, 9.17) is 4.42 Å². The highest BCUT2D eigenvalue weighted by Crippen LogP contribution is 2.31. The molecular weight excluding hydrogens is 236 g/mol. The van der Waals surface area contributed by atoms with Crippen molar-refractivity contribution in [3.05, 3.63) is 52.2 Å². The molecule has 0 radical (unpaired) electrons. The Hall–Kier alpha value is -1.61. The third kappa shape index (κ3) is 2.43. The van der Waals surface area contributed by atoms with Crippen LogP contribution in [0.3, 0.4) is 0 Å². The van der Waals surface area contributed by atoms with E-state index >= 15 is 0 Å². The first-order valence-electron chi connectivity index (χ1n) is 6.89. The molecule has 0 amide bonds. The fourth-order valence-electron chi connectivity index (χ4n) is 2.76. The number of aryl methyl sites for hydroxylation is 4. The van der Waals surface area contributed by atoms with Crippen molar-refractivity contribution in [3.8, 4) is 0 Å². The highest BCUT2D eigenvalue weighted by Gasteiger charge is 2.22. The molecule has 0 aliphatic heterocycles. The van der Waals surface area contributed by atoms with Crippen LogP contribution in [0.25, 0.3) is 0 Å². The van der Waals surface area contributed by atoms with E-state index in [1.54, 1.807) is 0 Å². The highest BCUT2D eigenvalue weighted by atomic mass is 16.4. The molecule has 1 aromatic carbocycles. The second-order valence-corrected chi connectivity index (χ2v) is 5.42. The lowest BCUT2D eigenvalue weighted by molar-refractivity contribution is 0.423. The van der Waals surface area contributed by atoms with Crippen LogP contribution in [0.5, 0.6) is 0 Å². The Morgan fingerprint density at radius 1 is 1.32 bits per heavy atom. The van der Waals surface area contributed by atoms with Gasteiger partial charge in [0.1, 0.15) is 5.76 Å². The molecular formula is C16H20N2O. The average Bonchev–Trinajstić information content (AvgIpc) is 2.91. The Labute approximate surface area is 114 Å². The molecule has 1 aliphatic rings. The summed E-state index contributed by atoms with van der Waals surface area (Å²) in [6.07, 6.45) is 2.33. The number of rotatable bonds is 3. The van der Waals surface area contributed by atoms with E-state index in [9.17, 15) is 0 Å². The molecule has 100 valence electrons. The van der Waals surface area contributed by atoms with Gasteiger partial charge in [0.25, 0.3) is 0 Å². The average molecular weight is 256 g/mol. The van der Waals surface area contributed by atoms with Gasteiger partial charge in [-0.05, 0) is 44.7 Å². The van der Waals surface area contributed by atoms with Crippen LogP contribution in [0.4, 0.5) is 0 Å². The number of benzene rings is 1. The van der Waals surface area contributed by atoms with Crippen molar-refractivity contribution in [2.45, 2.75) is 46.2 Å². The summed E-state index contributed by atoms with van der Waals surface area (Å²) in [5.41, 5.74) is 5.23. The first-order chi connectivity index (χ1) is 9.13. The van der Waals surface area contributed by atoms with E-state index in [-0.39, 0.29) is 0 Å². The van der Waals surface area contributed by atoms with Gasteiger partial charge < -0.3 is 9.73 Å². The number of fused-ring (bicyclic) bond motifs is 1. The number of hydrogen-bond donors (Lipinski definition) is 1. The first kappa shape index (κ1) is 12.4. The maximum Gasteiger partial charge on any atom is 0.208 e. The van der Waals surface area contributed by atoms with E-state index < -0.39 is 0 Å². The molecule has 1 N–H and O–H groups in total. The second-order valence-electron chi connectivity index (χ2n) is 5.42. The lowest BCUT2D eigenvalue weighted by Gasteiger charge is -2.13. The van der Waals surface area contributed by atoms with Gasteiger partial charge in [-0.25, -0.2) is 4.98 Å². The van der Waals surface area contributed by atoms with Gasteiger partial charge in [0.2, 0.25) is 5.89 Å². The monoisotopic (exact) mass is 256 g/mol. The van der Waals surface area contributed by atoms with Crippen LogP contribution in [0, 0.1) is 20.8 Å². The number of nitrogens with one attached hydrogen (secondary N) is 1. The predicted octanol–water partition coefficient (Wildman–Crippen LogP) is 3.38. The van der Waals surface area contributed by atoms with Gasteiger partial charge in [0, 0.05) is 6.04 Å². The number of oxazole rings is 1. The Morgan fingerprint density at radius 3 is 2.89 bits per heavy atom. The van der Waals surface area contributed by atoms with Crippen LogP contribution in [-0.2, 0) is 13.0 Å². The van der Waals surface area contributed by atoms with Crippen LogP contribution in [0.1, 0.15) is 46.5 Å². The Morgan fingerprint density at radius 2 is 2.16 bits per heavy atom. The summed E-state index contributed by atoms with van der Waals surface area (Å²) in [4.78, 5) is 4.42. The van der Waals surface area contributed by atoms with E-state index in [0.29, 0.717) is 12.6 Å². The molecule has 3 heteroatoms. The summed E-state index contributed by atoms with van der Waals surface area (Å²) in [5, 5.41) is 3.57. The van der Waals surface area contributed by atoms with Crippen molar-refractivity contribution in [1.29, 1.82) is 0 Å². The summed E-state index contributed by atoms with van der Waals surface area (Å²) in [7, 11) is 0. The molecule has 1 aliphatic carbocycles. The minimum absolute atomic E-state index is 0.433. The predicted molar refractivity (Wildman–Crippen MR) is 75.1 cm³/mol. The van der Waals surface area contributed by atoms with Gasteiger partial charge >= 0.3 is 0 Å². The molecule has 3 rings (SSSR count). The molecule has 3 nitrogen and oxygen atoms in total. The normalized spacial score (nSPS) is 17.7. The van der Waals surface area contributed by atoms with Gasteiger partial charge in [-0.1, -0.05) is 23.8 Å². The SMILES string of the molecule is Cc1ccc2c(c1)C(NCc1nc(C)c(C)o1)CC2. The second kappa shape index (κ2) is 4.82. The van der Waals surface area contributed by atoms with Gasteiger partial charge in [0.15, 0.2) is 0 Å². The van der Waals surface area contributed by atoms with Crippen molar-refractivity contribution < 1.29 is 4.42 Å². The summed E-state index contributed by atoms with van der Waals surface area (Å²) < 4.78 is 5.61. The molecule has 2 aromatic rings. The fraction of sp³-hybridized carbons (Fsp3) is 0.438. The zero-order chi connectivity index (χ0) is 13.4. The minimum Gasteiger partial charge on any atom is -0.444 e. The third-order valence-corrected chi connectivity index (χ3v) is 3.95. The molecule has 1 aromatic heterocycles. The molecule has 0 saturated carbocycles. The van der Waals surface area contributed by atoms with Crippen molar-refractivity contribution in [3.63, 3.8) is 0 Å². The van der Waals surface area contributed by atoms with Gasteiger partial charge in [0.05, 0.1) is 12.2 Å². The van der Waals surface area contributed by atoms with Gasteiger partial charge in [-0.3, -0.25) is 0 Å². The van der Waals surface area contributed by atoms with E-state index in [1.807, 2.05) is 13.8 Å². The van der Waals surface area contributed by atoms with Gasteiger partial charge in [-0.2, -0.15) is 0 Å². The zero-order valence-corrected chi connectivity index (χ0v) is 11.8. The Kier molecular flexibility index (Phi) is 3.15. The van der Waals surface area contributed by atoms with Crippen LogP contribution in [0.2, 0.25) is 0 Å². The minimum atomic E-state index is 0.433. The third-order valence-electron chi connectivity index (χ3n) is 3.95. The van der Waals surface area contributed by atoms with Crippen molar-refractivity contribution in [2.24, 2.45) is 0 Å². The Balaban J connectivity index is 1.71. The van der Waals surface area contributed by atoms with Gasteiger partial charge in [-0.15, -0.1) is 0 Å². The lowest BCUT2D eigenvalue weighted by atomic mass is 10.1. The maximum absolute atomic E-state index is 5.61. The fourth-order valence-corrected chi connectivity index (χ4v) is 2.76. The smallest absolute Gasteiger partial charge is 0.208 e. The van der Waals surface area contributed by atoms with Crippen molar-refractivity contribution in [1.82, 2.24) is 10.3 Å². The molecule has 1 atom stereocenters. The molecule has 19 heavy (non-hydrogen) atoms. The molecule has 1 unspecified atom stereocenters. The highest BCUT2D eigenvalue weighted by molar-refractivity contribution is 5.37. The van der Waals surface area contributed by atoms with E-state index in [1.165, 1.54) is 16.7 Å². The van der Waals surface area contributed by atoms with Crippen molar-refractivity contribution in [2.75, 3.05) is 0 Å². The molecule has 0 fully saturated rings. The quantitative estimate of drug-likeness (QED) is 0.915. The van der Waals surface area contributed by atoms with Crippen LogP contribution < -0.4 is 5.32 Å². The lowest BCUT2D eigenvalue weighted by Crippen LogP contribution is -2.18. The maximum atomic E-state index is 5.61. The first-order valence-corrected chi connectivity index (χ1v) is 6.89. The summed E-state index contributed by atoms with van der Waals surface area (Å²) in [5.74, 6) is 1.70. The molecule has 0 saturated heterocycles. The standard InChI is InChI=1S/C16H20N2O/c1-10-4-5-13-6-7-15(14(13)8-10)17-9-16-18-11(2)12(3)19-16/h4-5,8,15,17H,6-7,9H2,1-3H3. The number of aromatic nitrogens is 1. The Bertz CT molecular complexity index is 581. The summed E-state index contributed by atoms with van der Waals surface area (Å²) >= 11 is 0. The topological polar surface area (TPSA) is 38.1 Å². The summed E-state index contributed by atoms with van der Waals surface area (Å²) in [6, 6.07) is 7.18. The van der Waals surface area contributed by atoms with Crippen LogP contribution in [0.15, 0.2) is 22.6 Å². The van der Waals surface area contributed by atoms with Crippen LogP contribution >= 0.6 is 0 Å². The molecule has 1 heterocycles. The zero-order valence-electron chi connectivity index (χ0n) is 11.8. The number of nitrogens with zero attached hydrogens (tertiary/aromatic N) is 1. The molecule has 0 bridgehead atoms. The molecule has 0 spiro atoms. The summed E-state index contributed by atoms with van der Waals surface area (Å²) in [6.45, 7) is 6.79. The largest absolute Gasteiger partial charge is 0.444 e. The van der Waals surface area contributed by atoms with Crippen LogP contribution in [-0.4, -0.2) is 4.98 Å². The van der Waals surface area contributed by atoms with E-state index in [0.717, 1.165) is 30.2 Å². The van der Waals surface area contributed by atoms with Crippen molar-refractivity contribution >= 4 is 0 Å². The number of hydrogen-bond acceptors (Lipinski definition) is 3. The van der Waals surface area contributed by atoms with E-state index in [2.05, 4.69) is 35.4 Å².